The zero-order chi connectivity index (χ0) is 14.4. The predicted octanol–water partition coefficient (Wildman–Crippen LogP) is 2.80. The third-order valence-electron chi connectivity index (χ3n) is 3.05. The third-order valence-corrected chi connectivity index (χ3v) is 3.05. The molecule has 0 fully saturated rings. The van der Waals surface area contributed by atoms with Gasteiger partial charge in [0.1, 0.15) is 11.8 Å². The quantitative estimate of drug-likeness (QED) is 0.817. The molecule has 0 aromatic heterocycles. The molecule has 0 bridgehead atoms. The summed E-state index contributed by atoms with van der Waals surface area (Å²) in [6.07, 6.45) is 0.874. The fourth-order valence-electron chi connectivity index (χ4n) is 1.94. The molecule has 0 aliphatic rings. The summed E-state index contributed by atoms with van der Waals surface area (Å²) in [6.45, 7) is 0.755. The zero-order valence-electron chi connectivity index (χ0n) is 11.4. The number of nitrogens with two attached hydrogens (primary N) is 1. The van der Waals surface area contributed by atoms with E-state index in [4.69, 9.17) is 15.7 Å². The first-order chi connectivity index (χ1) is 9.72. The Morgan fingerprint density at radius 3 is 2.60 bits per heavy atom. The summed E-state index contributed by atoms with van der Waals surface area (Å²) in [5.41, 5.74) is 8.86. The van der Waals surface area contributed by atoms with Gasteiger partial charge in [0.15, 0.2) is 0 Å². The van der Waals surface area contributed by atoms with Crippen molar-refractivity contribution < 1.29 is 4.74 Å². The number of ether oxygens (including phenoxy) is 1. The van der Waals surface area contributed by atoms with Crippen molar-refractivity contribution in [1.82, 2.24) is 0 Å². The number of methoxy groups -OCH3 is 1. The van der Waals surface area contributed by atoms with Crippen LogP contribution >= 0.6 is 0 Å². The summed E-state index contributed by atoms with van der Waals surface area (Å²) in [5.74, 6) is 0.854. The largest absolute Gasteiger partial charge is 0.497 e. The molecule has 4 heteroatoms. The molecule has 20 heavy (non-hydrogen) atoms. The zero-order valence-corrected chi connectivity index (χ0v) is 11.4. The highest BCUT2D eigenvalue weighted by Crippen LogP contribution is 2.18. The van der Waals surface area contributed by atoms with Gasteiger partial charge in [0.2, 0.25) is 0 Å². The Balaban J connectivity index is 1.94. The summed E-state index contributed by atoms with van der Waals surface area (Å²) in [5, 5.41) is 12.3. The molecule has 0 saturated carbocycles. The first kappa shape index (κ1) is 13.8. The highest BCUT2D eigenvalue weighted by Gasteiger charge is 2.02. The van der Waals surface area contributed by atoms with Crippen molar-refractivity contribution in [3.05, 3.63) is 53.6 Å². The molecular weight excluding hydrogens is 250 g/mol. The predicted molar refractivity (Wildman–Crippen MR) is 80.8 cm³/mol. The van der Waals surface area contributed by atoms with Crippen LogP contribution in [0, 0.1) is 11.3 Å². The van der Waals surface area contributed by atoms with E-state index in [0.29, 0.717) is 11.3 Å². The van der Waals surface area contributed by atoms with Gasteiger partial charge in [-0.15, -0.1) is 0 Å². The molecule has 2 rings (SSSR count). The normalized spacial score (nSPS) is 9.80. The summed E-state index contributed by atoms with van der Waals surface area (Å²) < 4.78 is 5.12. The second-order valence-corrected chi connectivity index (χ2v) is 4.44. The van der Waals surface area contributed by atoms with Crippen molar-refractivity contribution in [2.45, 2.75) is 6.42 Å². The standard InChI is InChI=1S/C16H17N3O/c1-20-15-5-2-12(3-6-15)8-9-19-16-7-4-14(18)10-13(16)11-17/h2-7,10,19H,8-9,18H2,1H3. The van der Waals surface area contributed by atoms with Crippen molar-refractivity contribution >= 4 is 11.4 Å². The Labute approximate surface area is 118 Å². The van der Waals surface area contributed by atoms with E-state index in [-0.39, 0.29) is 0 Å². The van der Waals surface area contributed by atoms with Gasteiger partial charge >= 0.3 is 0 Å². The maximum atomic E-state index is 9.06. The van der Waals surface area contributed by atoms with Crippen LogP contribution < -0.4 is 15.8 Å². The lowest BCUT2D eigenvalue weighted by molar-refractivity contribution is 0.414. The average molecular weight is 267 g/mol. The van der Waals surface area contributed by atoms with Crippen LogP contribution in [0.4, 0.5) is 11.4 Å². The van der Waals surface area contributed by atoms with E-state index < -0.39 is 0 Å². The minimum absolute atomic E-state index is 0.569. The minimum Gasteiger partial charge on any atom is -0.497 e. The first-order valence-electron chi connectivity index (χ1n) is 6.39. The molecule has 0 radical (unpaired) electrons. The summed E-state index contributed by atoms with van der Waals surface area (Å²) >= 11 is 0. The first-order valence-corrected chi connectivity index (χ1v) is 6.39. The second-order valence-electron chi connectivity index (χ2n) is 4.44. The Morgan fingerprint density at radius 2 is 1.95 bits per heavy atom. The number of nitrogens with one attached hydrogen (secondary N) is 1. The number of anilines is 2. The van der Waals surface area contributed by atoms with E-state index in [1.165, 1.54) is 5.56 Å². The van der Waals surface area contributed by atoms with Crippen LogP contribution in [-0.4, -0.2) is 13.7 Å². The van der Waals surface area contributed by atoms with Crippen LogP contribution in [0.5, 0.6) is 5.75 Å². The van der Waals surface area contributed by atoms with Gasteiger partial charge in [0.05, 0.1) is 18.4 Å². The maximum Gasteiger partial charge on any atom is 0.118 e. The molecule has 0 aliphatic carbocycles. The topological polar surface area (TPSA) is 71.1 Å². The smallest absolute Gasteiger partial charge is 0.118 e. The second kappa shape index (κ2) is 6.48. The number of nitrogen functional groups attached to an aromatic ring is 1. The van der Waals surface area contributed by atoms with Crippen LogP contribution in [0.25, 0.3) is 0 Å². The molecule has 102 valence electrons. The van der Waals surface area contributed by atoms with Crippen molar-refractivity contribution in [1.29, 1.82) is 5.26 Å². The van der Waals surface area contributed by atoms with Gasteiger partial charge in [-0.2, -0.15) is 5.26 Å². The molecule has 2 aromatic rings. The molecule has 0 spiro atoms. The summed E-state index contributed by atoms with van der Waals surface area (Å²) in [7, 11) is 1.65. The summed E-state index contributed by atoms with van der Waals surface area (Å²) in [4.78, 5) is 0. The van der Waals surface area contributed by atoms with Gasteiger partial charge < -0.3 is 15.8 Å². The molecular formula is C16H17N3O. The van der Waals surface area contributed by atoms with E-state index >= 15 is 0 Å². The number of benzene rings is 2. The highest BCUT2D eigenvalue weighted by atomic mass is 16.5. The van der Waals surface area contributed by atoms with Gasteiger partial charge in [-0.05, 0) is 42.3 Å². The van der Waals surface area contributed by atoms with Crippen molar-refractivity contribution in [2.75, 3.05) is 24.7 Å². The van der Waals surface area contributed by atoms with Crippen molar-refractivity contribution in [3.63, 3.8) is 0 Å². The SMILES string of the molecule is COc1ccc(CCNc2ccc(N)cc2C#N)cc1. The number of rotatable bonds is 5. The lowest BCUT2D eigenvalue weighted by Crippen LogP contribution is -2.06. The molecule has 0 amide bonds. The van der Waals surface area contributed by atoms with Crippen molar-refractivity contribution in [2.24, 2.45) is 0 Å². The minimum atomic E-state index is 0.569. The monoisotopic (exact) mass is 267 g/mol. The Kier molecular flexibility index (Phi) is 4.46. The van der Waals surface area contributed by atoms with Crippen molar-refractivity contribution in [3.8, 4) is 11.8 Å². The molecule has 3 N–H and O–H groups in total. The molecule has 2 aromatic carbocycles. The van der Waals surface area contributed by atoms with Crippen LogP contribution in [0.15, 0.2) is 42.5 Å². The fourth-order valence-corrected chi connectivity index (χ4v) is 1.94. The third kappa shape index (κ3) is 3.42. The van der Waals surface area contributed by atoms with Crippen LogP contribution in [0.3, 0.4) is 0 Å². The Bertz CT molecular complexity index is 615. The Hall–Kier alpha value is -2.67. The Morgan fingerprint density at radius 1 is 1.20 bits per heavy atom. The van der Waals surface area contributed by atoms with Gasteiger partial charge in [-0.3, -0.25) is 0 Å². The van der Waals surface area contributed by atoms with Gasteiger partial charge in [0.25, 0.3) is 0 Å². The molecule has 0 atom stereocenters. The van der Waals surface area contributed by atoms with E-state index in [1.54, 1.807) is 19.2 Å². The summed E-state index contributed by atoms with van der Waals surface area (Å²) in [6, 6.07) is 15.4. The number of nitriles is 1. The van der Waals surface area contributed by atoms with Gasteiger partial charge in [0, 0.05) is 12.2 Å². The molecule has 0 unspecified atom stereocenters. The highest BCUT2D eigenvalue weighted by molar-refractivity contribution is 5.62. The molecule has 0 aliphatic heterocycles. The van der Waals surface area contributed by atoms with E-state index in [1.807, 2.05) is 30.3 Å². The lowest BCUT2D eigenvalue weighted by Gasteiger charge is -2.09. The number of nitrogens with zero attached hydrogens (tertiary/aromatic N) is 1. The number of hydrogen-bond donors (Lipinski definition) is 2. The average Bonchev–Trinajstić information content (AvgIpc) is 2.49. The molecule has 0 saturated heterocycles. The van der Waals surface area contributed by atoms with Gasteiger partial charge in [-0.1, -0.05) is 12.1 Å². The van der Waals surface area contributed by atoms with Crippen LogP contribution in [0.1, 0.15) is 11.1 Å². The van der Waals surface area contributed by atoms with E-state index in [2.05, 4.69) is 11.4 Å². The van der Waals surface area contributed by atoms with E-state index in [0.717, 1.165) is 24.4 Å². The molecule has 4 nitrogen and oxygen atoms in total. The fraction of sp³-hybridized carbons (Fsp3) is 0.188. The molecule has 0 heterocycles. The number of hydrogen-bond acceptors (Lipinski definition) is 4. The maximum absolute atomic E-state index is 9.06. The van der Waals surface area contributed by atoms with E-state index in [9.17, 15) is 0 Å². The lowest BCUT2D eigenvalue weighted by atomic mass is 10.1. The van der Waals surface area contributed by atoms with Crippen LogP contribution in [-0.2, 0) is 6.42 Å². The van der Waals surface area contributed by atoms with Crippen LogP contribution in [0.2, 0.25) is 0 Å². The van der Waals surface area contributed by atoms with Gasteiger partial charge in [-0.25, -0.2) is 0 Å².